The lowest BCUT2D eigenvalue weighted by Crippen LogP contribution is -2.19. The van der Waals surface area contributed by atoms with E-state index in [1.165, 1.54) is 12.1 Å². The maximum Gasteiger partial charge on any atom is 0.343 e. The van der Waals surface area contributed by atoms with Gasteiger partial charge in [-0.3, -0.25) is 4.72 Å². The molecule has 0 amide bonds. The zero-order valence-electron chi connectivity index (χ0n) is 19.9. The molecule has 1 atom stereocenters. The lowest BCUT2D eigenvalue weighted by molar-refractivity contribution is 0.382. The third-order valence-corrected chi connectivity index (χ3v) is 9.55. The first-order valence-electron chi connectivity index (χ1n) is 12.3. The van der Waals surface area contributed by atoms with Crippen LogP contribution in [0.3, 0.4) is 0 Å². The van der Waals surface area contributed by atoms with Crippen LogP contribution in [0.2, 0.25) is 15.1 Å². The largest absolute Gasteiger partial charge is 0.507 e. The summed E-state index contributed by atoms with van der Waals surface area (Å²) in [5, 5.41) is 11.3. The summed E-state index contributed by atoms with van der Waals surface area (Å²) in [5.74, 6) is 0.334. The maximum atomic E-state index is 13.2. The molecule has 2 N–H and O–H groups in total. The van der Waals surface area contributed by atoms with E-state index >= 15 is 0 Å². The normalized spacial score (nSPS) is 16.9. The fourth-order valence-corrected chi connectivity index (χ4v) is 7.78. The Balaban J connectivity index is 1.53. The van der Waals surface area contributed by atoms with E-state index in [1.807, 2.05) is 6.07 Å². The van der Waals surface area contributed by atoms with Crippen LogP contribution in [0.25, 0.3) is 0 Å². The molecule has 0 aliphatic heterocycles. The molecule has 3 aromatic rings. The van der Waals surface area contributed by atoms with Gasteiger partial charge in [0.25, 0.3) is 10.0 Å². The van der Waals surface area contributed by atoms with Crippen LogP contribution >= 0.6 is 34.8 Å². The zero-order chi connectivity index (χ0) is 26.3. The van der Waals surface area contributed by atoms with Gasteiger partial charge in [0, 0.05) is 28.6 Å². The number of halogens is 3. The van der Waals surface area contributed by atoms with Gasteiger partial charge >= 0.3 is 5.63 Å². The van der Waals surface area contributed by atoms with Crippen molar-refractivity contribution in [2.75, 3.05) is 4.72 Å². The molecule has 1 heterocycles. The minimum atomic E-state index is -4.14. The average molecular weight is 583 g/mol. The molecule has 1 saturated carbocycles. The molecular weight excluding hydrogens is 557 g/mol. The highest BCUT2D eigenvalue weighted by molar-refractivity contribution is 7.93. The third-order valence-electron chi connectivity index (χ3n) is 7.03. The van der Waals surface area contributed by atoms with Crippen molar-refractivity contribution in [3.63, 3.8) is 0 Å². The fraction of sp³-hybridized carbons (Fsp3) is 0.370. The Hall–Kier alpha value is -2.19. The summed E-state index contributed by atoms with van der Waals surface area (Å²) in [7, 11) is -4.14. The molecule has 1 fully saturated rings. The van der Waals surface area contributed by atoms with E-state index in [4.69, 9.17) is 39.2 Å². The summed E-state index contributed by atoms with van der Waals surface area (Å²) in [6, 6.07) is 9.44. The van der Waals surface area contributed by atoms with E-state index in [1.54, 1.807) is 18.2 Å². The molecule has 196 valence electrons. The second-order valence-electron chi connectivity index (χ2n) is 9.71. The Morgan fingerprint density at radius 2 is 1.65 bits per heavy atom. The highest BCUT2D eigenvalue weighted by atomic mass is 35.5. The number of fused-ring (bicyclic) bond motifs is 1. The molecule has 2 aliphatic carbocycles. The molecule has 10 heteroatoms. The summed E-state index contributed by atoms with van der Waals surface area (Å²) in [6.07, 6.45) is 7.09. The van der Waals surface area contributed by atoms with Crippen LogP contribution in [0.4, 0.5) is 5.69 Å². The van der Waals surface area contributed by atoms with Gasteiger partial charge in [0.1, 0.15) is 16.4 Å². The second-order valence-corrected chi connectivity index (χ2v) is 12.6. The molecule has 2 aromatic carbocycles. The SMILES string of the molecule is O=c1oc2c(c(O)c1C(c1cccc(NS(=O)(=O)c3c(Cl)cc(Cl)cc3Cl)c1)C1CC1)CCCCCC2. The lowest BCUT2D eigenvalue weighted by atomic mass is 9.85. The highest BCUT2D eigenvalue weighted by Crippen LogP contribution is 2.49. The molecule has 0 radical (unpaired) electrons. The molecule has 2 aliphatic rings. The first-order valence-corrected chi connectivity index (χ1v) is 14.9. The van der Waals surface area contributed by atoms with Gasteiger partial charge in [0.05, 0.1) is 15.6 Å². The molecule has 1 unspecified atom stereocenters. The number of rotatable bonds is 6. The van der Waals surface area contributed by atoms with Crippen molar-refractivity contribution >= 4 is 50.5 Å². The van der Waals surface area contributed by atoms with Crippen LogP contribution in [0.1, 0.15) is 66.9 Å². The van der Waals surface area contributed by atoms with Crippen molar-refractivity contribution in [3.8, 4) is 5.75 Å². The lowest BCUT2D eigenvalue weighted by Gasteiger charge is -2.22. The van der Waals surface area contributed by atoms with Gasteiger partial charge in [0.2, 0.25) is 0 Å². The van der Waals surface area contributed by atoms with E-state index in [0.717, 1.165) is 44.1 Å². The number of anilines is 1. The molecule has 0 saturated heterocycles. The van der Waals surface area contributed by atoms with E-state index in [-0.39, 0.29) is 42.9 Å². The smallest absolute Gasteiger partial charge is 0.343 e. The average Bonchev–Trinajstić information content (AvgIpc) is 3.62. The number of aromatic hydroxyl groups is 1. The minimum absolute atomic E-state index is 0.0239. The summed E-state index contributed by atoms with van der Waals surface area (Å²) in [4.78, 5) is 12.9. The number of nitrogens with one attached hydrogen (secondary N) is 1. The second kappa shape index (κ2) is 10.5. The van der Waals surface area contributed by atoms with Gasteiger partial charge in [-0.25, -0.2) is 13.2 Å². The van der Waals surface area contributed by atoms with E-state index < -0.39 is 21.6 Å². The summed E-state index contributed by atoms with van der Waals surface area (Å²) >= 11 is 18.2. The van der Waals surface area contributed by atoms with Crippen molar-refractivity contribution in [1.29, 1.82) is 0 Å². The van der Waals surface area contributed by atoms with Gasteiger partial charge in [-0.1, -0.05) is 59.8 Å². The Kier molecular flexibility index (Phi) is 7.51. The third kappa shape index (κ3) is 5.51. The number of benzene rings is 2. The van der Waals surface area contributed by atoms with Crippen molar-refractivity contribution in [2.45, 2.75) is 62.2 Å². The van der Waals surface area contributed by atoms with Crippen LogP contribution in [0, 0.1) is 5.92 Å². The van der Waals surface area contributed by atoms with Gasteiger partial charge in [-0.05, 0) is 67.9 Å². The summed E-state index contributed by atoms with van der Waals surface area (Å²) < 4.78 is 34.6. The molecule has 0 spiro atoms. The fourth-order valence-electron chi connectivity index (χ4n) is 5.19. The van der Waals surface area contributed by atoms with Crippen LogP contribution in [-0.2, 0) is 22.9 Å². The van der Waals surface area contributed by atoms with Gasteiger partial charge in [-0.2, -0.15) is 0 Å². The van der Waals surface area contributed by atoms with Crippen LogP contribution < -0.4 is 10.3 Å². The molecule has 0 bridgehead atoms. The predicted octanol–water partition coefficient (Wildman–Crippen LogP) is 7.31. The maximum absolute atomic E-state index is 13.2. The topological polar surface area (TPSA) is 96.6 Å². The van der Waals surface area contributed by atoms with Gasteiger partial charge in [0.15, 0.2) is 0 Å². The van der Waals surface area contributed by atoms with Gasteiger partial charge < -0.3 is 9.52 Å². The number of hydrogen-bond acceptors (Lipinski definition) is 5. The van der Waals surface area contributed by atoms with Crippen molar-refractivity contribution in [1.82, 2.24) is 0 Å². The number of sulfonamides is 1. The van der Waals surface area contributed by atoms with Crippen LogP contribution in [0.15, 0.2) is 50.5 Å². The van der Waals surface area contributed by atoms with E-state index in [0.29, 0.717) is 24.2 Å². The molecule has 6 nitrogen and oxygen atoms in total. The summed E-state index contributed by atoms with van der Waals surface area (Å²) in [6.45, 7) is 0. The van der Waals surface area contributed by atoms with E-state index in [9.17, 15) is 18.3 Å². The zero-order valence-corrected chi connectivity index (χ0v) is 23.0. The van der Waals surface area contributed by atoms with E-state index in [2.05, 4.69) is 4.72 Å². The van der Waals surface area contributed by atoms with Gasteiger partial charge in [-0.15, -0.1) is 0 Å². The molecule has 1 aromatic heterocycles. The van der Waals surface area contributed by atoms with Crippen molar-refractivity contribution in [2.24, 2.45) is 5.92 Å². The van der Waals surface area contributed by atoms with Crippen LogP contribution in [0.5, 0.6) is 5.75 Å². The monoisotopic (exact) mass is 581 g/mol. The Morgan fingerprint density at radius 1 is 0.973 bits per heavy atom. The Bertz CT molecular complexity index is 1490. The first kappa shape index (κ1) is 26.4. The molecule has 37 heavy (non-hydrogen) atoms. The predicted molar refractivity (Wildman–Crippen MR) is 146 cm³/mol. The Morgan fingerprint density at radius 3 is 2.32 bits per heavy atom. The minimum Gasteiger partial charge on any atom is -0.507 e. The molecule has 5 rings (SSSR count). The number of aryl methyl sites for hydroxylation is 1. The highest BCUT2D eigenvalue weighted by Gasteiger charge is 2.38. The van der Waals surface area contributed by atoms with Crippen LogP contribution in [-0.4, -0.2) is 13.5 Å². The number of hydrogen-bond donors (Lipinski definition) is 2. The standard InChI is InChI=1S/C27H26Cl3NO5S/c28-17-13-20(29)26(21(30)14-17)37(34,35)31-18-7-5-6-16(12-18)23(15-10-11-15)24-25(32)19-8-3-1-2-4-9-22(19)36-27(24)33/h5-7,12-15,23,31-32H,1-4,8-11H2. The molecular formula is C27H26Cl3NO5S. The Labute approximate surface area is 230 Å². The van der Waals surface area contributed by atoms with Crippen molar-refractivity contribution < 1.29 is 17.9 Å². The quantitative estimate of drug-likeness (QED) is 0.318. The summed E-state index contributed by atoms with van der Waals surface area (Å²) in [5.41, 5.74) is 1.44. The first-order chi connectivity index (χ1) is 17.7. The van der Waals surface area contributed by atoms with Crippen molar-refractivity contribution in [3.05, 3.63) is 84.3 Å².